The van der Waals surface area contributed by atoms with Gasteiger partial charge in [0.2, 0.25) is 5.82 Å². The molecule has 0 aromatic carbocycles. The molecule has 0 fully saturated rings. The number of halogens is 3. The van der Waals surface area contributed by atoms with Crippen LogP contribution in [0.3, 0.4) is 0 Å². The minimum Gasteiger partial charge on any atom is -0.340 e. The number of carbonyl (C=O) groups excluding carboxylic acids is 1. The highest BCUT2D eigenvalue weighted by Gasteiger charge is 2.38. The fourth-order valence-corrected chi connectivity index (χ4v) is 2.96. The molecule has 26 heavy (non-hydrogen) atoms. The van der Waals surface area contributed by atoms with Gasteiger partial charge in [-0.15, -0.1) is 17.8 Å². The number of carbonyl (C=O) groups is 1. The van der Waals surface area contributed by atoms with Crippen molar-refractivity contribution in [3.63, 3.8) is 0 Å². The van der Waals surface area contributed by atoms with Gasteiger partial charge in [0, 0.05) is 11.1 Å². The van der Waals surface area contributed by atoms with Crippen LogP contribution in [0.25, 0.3) is 10.7 Å². The standard InChI is InChI=1S/C15H10F3N5O2S/c1-2-6-19-13(24)10-5-7-20-23(10)8-9-3-4-11(26-9)12-21-14(25-22-12)15(16,17)18/h1,3-5,7H,6,8H2,(H,19,24). The number of alkyl halides is 3. The number of hydrogen-bond donors (Lipinski definition) is 1. The Labute approximate surface area is 148 Å². The number of nitrogens with zero attached hydrogens (tertiary/aromatic N) is 4. The SMILES string of the molecule is C#CCNC(=O)c1ccnn1Cc1ccc(-c2noc(C(F)(F)F)n2)s1. The topological polar surface area (TPSA) is 85.8 Å². The second-order valence-corrected chi connectivity index (χ2v) is 6.12. The molecule has 0 spiro atoms. The monoisotopic (exact) mass is 381 g/mol. The molecular formula is C15H10F3N5O2S. The molecule has 0 atom stereocenters. The van der Waals surface area contributed by atoms with Gasteiger partial charge in [-0.25, -0.2) is 0 Å². The van der Waals surface area contributed by atoms with Gasteiger partial charge in [0.05, 0.1) is 18.0 Å². The van der Waals surface area contributed by atoms with E-state index >= 15 is 0 Å². The maximum absolute atomic E-state index is 12.5. The molecule has 3 aromatic heterocycles. The number of nitrogens with one attached hydrogen (secondary N) is 1. The minimum atomic E-state index is -4.69. The lowest BCUT2D eigenvalue weighted by atomic mass is 10.3. The molecule has 0 aliphatic heterocycles. The van der Waals surface area contributed by atoms with Crippen LogP contribution >= 0.6 is 11.3 Å². The van der Waals surface area contributed by atoms with Gasteiger partial charge in [0.15, 0.2) is 0 Å². The van der Waals surface area contributed by atoms with Crippen molar-refractivity contribution < 1.29 is 22.5 Å². The van der Waals surface area contributed by atoms with Crippen molar-refractivity contribution in [2.24, 2.45) is 0 Å². The van der Waals surface area contributed by atoms with Crippen molar-refractivity contribution in [3.05, 3.63) is 40.9 Å². The van der Waals surface area contributed by atoms with Gasteiger partial charge >= 0.3 is 12.1 Å². The van der Waals surface area contributed by atoms with E-state index in [4.69, 9.17) is 6.42 Å². The van der Waals surface area contributed by atoms with E-state index in [-0.39, 0.29) is 24.8 Å². The molecule has 0 aliphatic rings. The fourth-order valence-electron chi connectivity index (χ4n) is 2.04. The smallest absolute Gasteiger partial charge is 0.340 e. The summed E-state index contributed by atoms with van der Waals surface area (Å²) in [6.45, 7) is 0.340. The molecule has 3 heterocycles. The first-order chi connectivity index (χ1) is 12.4. The van der Waals surface area contributed by atoms with Gasteiger partial charge in [-0.05, 0) is 18.2 Å². The van der Waals surface area contributed by atoms with Crippen LogP contribution in [0.4, 0.5) is 13.2 Å². The van der Waals surface area contributed by atoms with Gasteiger partial charge in [-0.1, -0.05) is 11.1 Å². The van der Waals surface area contributed by atoms with Crippen LogP contribution in [0.2, 0.25) is 0 Å². The first kappa shape index (κ1) is 17.7. The summed E-state index contributed by atoms with van der Waals surface area (Å²) in [5.74, 6) is 0.378. The van der Waals surface area contributed by atoms with Crippen molar-refractivity contribution in [3.8, 4) is 23.0 Å². The highest BCUT2D eigenvalue weighted by Crippen LogP contribution is 2.31. The highest BCUT2D eigenvalue weighted by atomic mass is 32.1. The van der Waals surface area contributed by atoms with Crippen molar-refractivity contribution >= 4 is 17.2 Å². The van der Waals surface area contributed by atoms with E-state index in [1.165, 1.54) is 28.3 Å². The molecule has 0 saturated carbocycles. The van der Waals surface area contributed by atoms with Gasteiger partial charge < -0.3 is 9.84 Å². The van der Waals surface area contributed by atoms with E-state index in [0.29, 0.717) is 10.6 Å². The zero-order valence-corrected chi connectivity index (χ0v) is 13.8. The molecule has 0 saturated heterocycles. The van der Waals surface area contributed by atoms with Crippen molar-refractivity contribution in [2.45, 2.75) is 12.7 Å². The Kier molecular flexibility index (Phi) is 4.77. The minimum absolute atomic E-state index is 0.0898. The number of thiophene rings is 1. The van der Waals surface area contributed by atoms with E-state index in [9.17, 15) is 18.0 Å². The van der Waals surface area contributed by atoms with Gasteiger partial charge in [0.1, 0.15) is 5.69 Å². The predicted octanol–water partition coefficient (Wildman–Crippen LogP) is 2.42. The number of hydrogen-bond acceptors (Lipinski definition) is 6. The van der Waals surface area contributed by atoms with E-state index in [1.54, 1.807) is 12.1 Å². The molecule has 134 valence electrons. The molecule has 7 nitrogen and oxygen atoms in total. The summed E-state index contributed by atoms with van der Waals surface area (Å²) in [4.78, 5) is 16.5. The lowest BCUT2D eigenvalue weighted by Gasteiger charge is -2.05. The largest absolute Gasteiger partial charge is 0.471 e. The third-order valence-electron chi connectivity index (χ3n) is 3.16. The molecule has 0 bridgehead atoms. The molecule has 0 unspecified atom stereocenters. The molecule has 3 rings (SSSR count). The molecule has 1 amide bonds. The molecule has 11 heteroatoms. The quantitative estimate of drug-likeness (QED) is 0.686. The molecule has 0 aliphatic carbocycles. The summed E-state index contributed by atoms with van der Waals surface area (Å²) in [6.07, 6.45) is 1.88. The Hall–Kier alpha value is -3.13. The number of amides is 1. The summed E-state index contributed by atoms with van der Waals surface area (Å²) in [5, 5.41) is 9.95. The summed E-state index contributed by atoms with van der Waals surface area (Å²) >= 11 is 1.17. The van der Waals surface area contributed by atoms with Crippen LogP contribution in [0.1, 0.15) is 21.3 Å². The van der Waals surface area contributed by atoms with Crippen LogP contribution < -0.4 is 5.32 Å². The summed E-state index contributed by atoms with van der Waals surface area (Å²) in [6, 6.07) is 4.80. The Morgan fingerprint density at radius 2 is 2.19 bits per heavy atom. The fraction of sp³-hybridized carbons (Fsp3) is 0.200. The van der Waals surface area contributed by atoms with Crippen LogP contribution in [-0.4, -0.2) is 32.4 Å². The number of aromatic nitrogens is 4. The Balaban J connectivity index is 1.76. The predicted molar refractivity (Wildman–Crippen MR) is 85.1 cm³/mol. The normalized spacial score (nSPS) is 11.3. The maximum Gasteiger partial charge on any atom is 0.471 e. The third kappa shape index (κ3) is 3.75. The zero-order valence-electron chi connectivity index (χ0n) is 12.9. The zero-order chi connectivity index (χ0) is 18.7. The van der Waals surface area contributed by atoms with E-state index in [0.717, 1.165) is 4.88 Å². The maximum atomic E-state index is 12.5. The summed E-state index contributed by atoms with van der Waals surface area (Å²) in [5.41, 5.74) is 0.314. The lowest BCUT2D eigenvalue weighted by molar-refractivity contribution is -0.159. The second kappa shape index (κ2) is 7.01. The van der Waals surface area contributed by atoms with Crippen LogP contribution in [0.15, 0.2) is 28.9 Å². The first-order valence-electron chi connectivity index (χ1n) is 7.12. The first-order valence-corrected chi connectivity index (χ1v) is 7.93. The van der Waals surface area contributed by atoms with Crippen LogP contribution in [-0.2, 0) is 12.7 Å². The van der Waals surface area contributed by atoms with Gasteiger partial charge in [-0.2, -0.15) is 23.3 Å². The Morgan fingerprint density at radius 1 is 1.38 bits per heavy atom. The second-order valence-electron chi connectivity index (χ2n) is 4.95. The van der Waals surface area contributed by atoms with Crippen molar-refractivity contribution in [2.75, 3.05) is 6.54 Å². The average molecular weight is 381 g/mol. The summed E-state index contributed by atoms with van der Waals surface area (Å²) < 4.78 is 43.3. The average Bonchev–Trinajstić information content (AvgIpc) is 3.31. The van der Waals surface area contributed by atoms with E-state index < -0.39 is 12.1 Å². The highest BCUT2D eigenvalue weighted by molar-refractivity contribution is 7.15. The van der Waals surface area contributed by atoms with E-state index in [1.807, 2.05) is 0 Å². The molecule has 3 aromatic rings. The number of terminal acetylenes is 1. The third-order valence-corrected chi connectivity index (χ3v) is 4.22. The molecule has 1 N–H and O–H groups in total. The van der Waals surface area contributed by atoms with Crippen LogP contribution in [0, 0.1) is 12.3 Å². The molecule has 0 radical (unpaired) electrons. The van der Waals surface area contributed by atoms with Crippen LogP contribution in [0.5, 0.6) is 0 Å². The molecular weight excluding hydrogens is 371 g/mol. The van der Waals surface area contributed by atoms with E-state index in [2.05, 4.69) is 31.0 Å². The van der Waals surface area contributed by atoms with Crippen molar-refractivity contribution in [1.82, 2.24) is 25.2 Å². The van der Waals surface area contributed by atoms with Gasteiger partial charge in [0.25, 0.3) is 5.91 Å². The van der Waals surface area contributed by atoms with Gasteiger partial charge in [-0.3, -0.25) is 9.48 Å². The lowest BCUT2D eigenvalue weighted by Crippen LogP contribution is -2.26. The van der Waals surface area contributed by atoms with Crippen molar-refractivity contribution in [1.29, 1.82) is 0 Å². The summed E-state index contributed by atoms with van der Waals surface area (Å²) in [7, 11) is 0. The Bertz CT molecular complexity index is 966. The number of rotatable bonds is 5. The Morgan fingerprint density at radius 3 is 2.88 bits per heavy atom.